The van der Waals surface area contributed by atoms with Gasteiger partial charge in [0.2, 0.25) is 0 Å². The molecule has 1 aliphatic carbocycles. The van der Waals surface area contributed by atoms with Crippen molar-refractivity contribution < 1.29 is 4.79 Å². The fourth-order valence-electron chi connectivity index (χ4n) is 4.20. The molecule has 0 bridgehead atoms. The monoisotopic (exact) mass is 368 g/mol. The predicted molar refractivity (Wildman–Crippen MR) is 110 cm³/mol. The lowest BCUT2D eigenvalue weighted by molar-refractivity contribution is 0.0751. The maximum absolute atomic E-state index is 13.0. The molecule has 1 atom stereocenters. The number of piperazine rings is 1. The summed E-state index contributed by atoms with van der Waals surface area (Å²) in [7, 11) is 0. The molecule has 26 heavy (non-hydrogen) atoms. The zero-order chi connectivity index (χ0) is 18.3. The summed E-state index contributed by atoms with van der Waals surface area (Å²) in [5.74, 6) is 0.985. The average Bonchev–Trinajstić information content (AvgIpc) is 3.07. The molecule has 2 aliphatic rings. The van der Waals surface area contributed by atoms with E-state index in [2.05, 4.69) is 49.9 Å². The molecule has 1 aromatic heterocycles. The highest BCUT2D eigenvalue weighted by Gasteiger charge is 2.26. The van der Waals surface area contributed by atoms with Gasteiger partial charge in [-0.2, -0.15) is 0 Å². The van der Waals surface area contributed by atoms with E-state index >= 15 is 0 Å². The first-order valence-corrected chi connectivity index (χ1v) is 10.6. The van der Waals surface area contributed by atoms with Crippen LogP contribution in [0.25, 0.3) is 0 Å². The highest BCUT2D eigenvalue weighted by atomic mass is 32.1. The number of hydrogen-bond donors (Lipinski definition) is 0. The highest BCUT2D eigenvalue weighted by Crippen LogP contribution is 2.33. The number of thiophene rings is 1. The number of benzene rings is 1. The molecule has 0 unspecified atom stereocenters. The molecule has 138 valence electrons. The van der Waals surface area contributed by atoms with Gasteiger partial charge in [0.15, 0.2) is 0 Å². The summed E-state index contributed by atoms with van der Waals surface area (Å²) in [6.45, 7) is 10.1. The number of fused-ring (bicyclic) bond motifs is 1. The van der Waals surface area contributed by atoms with E-state index in [4.69, 9.17) is 0 Å². The number of nitrogens with zero attached hydrogens (tertiary/aromatic N) is 2. The fourth-order valence-corrected chi connectivity index (χ4v) is 5.37. The zero-order valence-corrected chi connectivity index (χ0v) is 16.9. The summed E-state index contributed by atoms with van der Waals surface area (Å²) in [4.78, 5) is 19.8. The van der Waals surface area contributed by atoms with Crippen molar-refractivity contribution in [3.63, 3.8) is 0 Å². The summed E-state index contributed by atoms with van der Waals surface area (Å²) >= 11 is 1.74. The van der Waals surface area contributed by atoms with Gasteiger partial charge >= 0.3 is 0 Å². The molecule has 0 saturated carbocycles. The smallest absolute Gasteiger partial charge is 0.264 e. The van der Waals surface area contributed by atoms with Crippen molar-refractivity contribution in [1.29, 1.82) is 0 Å². The molecule has 0 N–H and O–H groups in total. The van der Waals surface area contributed by atoms with Crippen molar-refractivity contribution in [2.24, 2.45) is 5.92 Å². The number of carbonyl (C=O) groups is 1. The van der Waals surface area contributed by atoms with E-state index in [1.807, 2.05) is 4.90 Å². The number of anilines is 1. The average molecular weight is 369 g/mol. The Labute approximate surface area is 160 Å². The number of hydrogen-bond acceptors (Lipinski definition) is 3. The summed E-state index contributed by atoms with van der Waals surface area (Å²) in [6, 6.07) is 8.67. The second-order valence-corrected chi connectivity index (χ2v) is 9.04. The van der Waals surface area contributed by atoms with Crippen LogP contribution in [0.1, 0.15) is 44.6 Å². The zero-order valence-electron chi connectivity index (χ0n) is 16.0. The molecule has 2 heterocycles. The summed E-state index contributed by atoms with van der Waals surface area (Å²) in [5, 5.41) is 0. The third-order valence-electron chi connectivity index (χ3n) is 6.02. The molecular formula is C22H28N2OS. The molecular weight excluding hydrogens is 340 g/mol. The van der Waals surface area contributed by atoms with Crippen LogP contribution in [0.2, 0.25) is 0 Å². The Balaban J connectivity index is 1.43. The van der Waals surface area contributed by atoms with Crippen molar-refractivity contribution in [3.8, 4) is 0 Å². The standard InChI is InChI=1S/C22H28N2OS/c1-15-7-8-20-18(13-15)14-21(26-20)22(25)24-11-9-23(10-12-24)19-6-4-5-16(2)17(19)3/h4-6,14-15H,7-13H2,1-3H3/t15-/m0/s1. The van der Waals surface area contributed by atoms with Crippen molar-refractivity contribution in [2.75, 3.05) is 31.1 Å². The minimum atomic E-state index is 0.234. The van der Waals surface area contributed by atoms with Crippen LogP contribution in [0.15, 0.2) is 24.3 Å². The Hall–Kier alpha value is -1.81. The minimum Gasteiger partial charge on any atom is -0.368 e. The van der Waals surface area contributed by atoms with Crippen LogP contribution >= 0.6 is 11.3 Å². The van der Waals surface area contributed by atoms with Crippen LogP contribution in [0, 0.1) is 19.8 Å². The topological polar surface area (TPSA) is 23.6 Å². The van der Waals surface area contributed by atoms with Crippen molar-refractivity contribution in [1.82, 2.24) is 4.90 Å². The molecule has 0 spiro atoms. The van der Waals surface area contributed by atoms with Gasteiger partial charge in [-0.15, -0.1) is 11.3 Å². The summed E-state index contributed by atoms with van der Waals surface area (Å²) in [5.41, 5.74) is 5.43. The molecule has 1 fully saturated rings. The molecule has 1 amide bonds. The number of rotatable bonds is 2. The van der Waals surface area contributed by atoms with Crippen molar-refractivity contribution in [2.45, 2.75) is 40.0 Å². The number of carbonyl (C=O) groups excluding carboxylic acids is 1. The lowest BCUT2D eigenvalue weighted by atomic mass is 9.90. The molecule has 1 saturated heterocycles. The summed E-state index contributed by atoms with van der Waals surface area (Å²) in [6.07, 6.45) is 3.55. The second kappa shape index (κ2) is 7.07. The predicted octanol–water partition coefficient (Wildman–Crippen LogP) is 4.45. The van der Waals surface area contributed by atoms with Crippen LogP contribution < -0.4 is 4.90 Å². The first-order chi connectivity index (χ1) is 12.5. The number of amides is 1. The quantitative estimate of drug-likeness (QED) is 0.782. The normalized spacial score (nSPS) is 20.2. The van der Waals surface area contributed by atoms with E-state index in [0.29, 0.717) is 0 Å². The lowest BCUT2D eigenvalue weighted by Crippen LogP contribution is -2.48. The molecule has 2 aromatic rings. The molecule has 4 rings (SSSR count). The Morgan fingerprint density at radius 3 is 2.69 bits per heavy atom. The molecule has 4 heteroatoms. The van der Waals surface area contributed by atoms with Gasteiger partial charge in [0.05, 0.1) is 4.88 Å². The molecule has 1 aromatic carbocycles. The third-order valence-corrected chi connectivity index (χ3v) is 7.25. The van der Waals surface area contributed by atoms with E-state index in [9.17, 15) is 4.79 Å². The third kappa shape index (κ3) is 3.27. The molecule has 1 aliphatic heterocycles. The Kier molecular flexibility index (Phi) is 4.78. The van der Waals surface area contributed by atoms with Gasteiger partial charge in [0.1, 0.15) is 0 Å². The van der Waals surface area contributed by atoms with Gasteiger partial charge in [-0.3, -0.25) is 4.79 Å². The van der Waals surface area contributed by atoms with E-state index in [-0.39, 0.29) is 5.91 Å². The van der Waals surface area contributed by atoms with E-state index in [0.717, 1.165) is 49.8 Å². The van der Waals surface area contributed by atoms with E-state index in [1.165, 1.54) is 33.7 Å². The van der Waals surface area contributed by atoms with Gasteiger partial charge < -0.3 is 9.80 Å². The Morgan fingerprint density at radius 2 is 1.92 bits per heavy atom. The van der Waals surface area contributed by atoms with Crippen molar-refractivity contribution >= 4 is 22.9 Å². The van der Waals surface area contributed by atoms with Crippen molar-refractivity contribution in [3.05, 3.63) is 50.7 Å². The van der Waals surface area contributed by atoms with Crippen LogP contribution in [0.3, 0.4) is 0 Å². The van der Waals surface area contributed by atoms with Crippen LogP contribution in [-0.4, -0.2) is 37.0 Å². The molecule has 0 radical (unpaired) electrons. The minimum absolute atomic E-state index is 0.234. The van der Waals surface area contributed by atoms with Crippen LogP contribution in [0.4, 0.5) is 5.69 Å². The van der Waals surface area contributed by atoms with Gasteiger partial charge in [-0.1, -0.05) is 19.1 Å². The highest BCUT2D eigenvalue weighted by molar-refractivity contribution is 7.14. The SMILES string of the molecule is Cc1cccc(N2CCN(C(=O)c3cc4c(s3)CC[C@H](C)C4)CC2)c1C. The summed E-state index contributed by atoms with van der Waals surface area (Å²) < 4.78 is 0. The Morgan fingerprint density at radius 1 is 1.15 bits per heavy atom. The van der Waals surface area contributed by atoms with Gasteiger partial charge in [0.25, 0.3) is 5.91 Å². The Bertz CT molecular complexity index is 818. The van der Waals surface area contributed by atoms with Gasteiger partial charge in [-0.25, -0.2) is 0 Å². The van der Waals surface area contributed by atoms with E-state index in [1.54, 1.807) is 11.3 Å². The maximum atomic E-state index is 13.0. The van der Waals surface area contributed by atoms with Crippen LogP contribution in [0.5, 0.6) is 0 Å². The number of aryl methyl sites for hydroxylation is 2. The van der Waals surface area contributed by atoms with Gasteiger partial charge in [-0.05, 0) is 67.9 Å². The fraction of sp³-hybridized carbons (Fsp3) is 0.500. The first-order valence-electron chi connectivity index (χ1n) is 9.75. The lowest BCUT2D eigenvalue weighted by Gasteiger charge is -2.37. The van der Waals surface area contributed by atoms with Gasteiger partial charge in [0, 0.05) is 36.7 Å². The van der Waals surface area contributed by atoms with Crippen LogP contribution in [-0.2, 0) is 12.8 Å². The second-order valence-electron chi connectivity index (χ2n) is 7.91. The largest absolute Gasteiger partial charge is 0.368 e. The first kappa shape index (κ1) is 17.6. The molecule has 3 nitrogen and oxygen atoms in total. The van der Waals surface area contributed by atoms with E-state index < -0.39 is 0 Å². The maximum Gasteiger partial charge on any atom is 0.264 e.